The molecular weight excluding hydrogens is 234 g/mol. The number of benzene rings is 2. The molecule has 0 aliphatic rings. The van der Waals surface area contributed by atoms with Crippen LogP contribution in [0.1, 0.15) is 0 Å². The molecule has 4 heteroatoms. The monoisotopic (exact) mass is 248 g/mol. The molecule has 0 fully saturated rings. The van der Waals surface area contributed by atoms with Crippen LogP contribution < -0.4 is 10.2 Å². The first-order valence-electron chi connectivity index (χ1n) is 5.56. The van der Waals surface area contributed by atoms with Gasteiger partial charge in [-0.1, -0.05) is 6.07 Å². The Morgan fingerprint density at radius 1 is 1.00 bits per heavy atom. The van der Waals surface area contributed by atoms with Crippen molar-refractivity contribution in [2.24, 2.45) is 0 Å². The molecule has 94 valence electrons. The highest BCUT2D eigenvalue weighted by molar-refractivity contribution is 5.65. The number of hydrogen-bond donors (Lipinski definition) is 1. The highest BCUT2D eigenvalue weighted by Crippen LogP contribution is 2.23. The van der Waals surface area contributed by atoms with Crippen LogP contribution in [0.25, 0.3) is 0 Å². The van der Waals surface area contributed by atoms with Crippen molar-refractivity contribution in [2.75, 3.05) is 24.3 Å². The van der Waals surface area contributed by atoms with Crippen molar-refractivity contribution < 1.29 is 8.78 Å². The largest absolute Gasteiger partial charge is 0.378 e. The van der Waals surface area contributed by atoms with Crippen molar-refractivity contribution in [1.29, 1.82) is 0 Å². The zero-order chi connectivity index (χ0) is 13.1. The third kappa shape index (κ3) is 2.77. The lowest BCUT2D eigenvalue weighted by atomic mass is 10.2. The molecule has 2 nitrogen and oxygen atoms in total. The molecule has 0 unspecified atom stereocenters. The minimum Gasteiger partial charge on any atom is -0.378 e. The third-order valence-electron chi connectivity index (χ3n) is 2.57. The van der Waals surface area contributed by atoms with Gasteiger partial charge in [0, 0.05) is 31.5 Å². The van der Waals surface area contributed by atoms with Gasteiger partial charge in [0.15, 0.2) is 0 Å². The van der Waals surface area contributed by atoms with Crippen LogP contribution in [0.5, 0.6) is 0 Å². The summed E-state index contributed by atoms with van der Waals surface area (Å²) < 4.78 is 26.5. The molecule has 0 amide bonds. The maximum Gasteiger partial charge on any atom is 0.146 e. The maximum absolute atomic E-state index is 13.5. The molecule has 0 heterocycles. The summed E-state index contributed by atoms with van der Waals surface area (Å²) in [5.74, 6) is -0.950. The van der Waals surface area contributed by atoms with Gasteiger partial charge in [-0.25, -0.2) is 8.78 Å². The van der Waals surface area contributed by atoms with Crippen LogP contribution in [-0.2, 0) is 0 Å². The van der Waals surface area contributed by atoms with Crippen LogP contribution in [0.4, 0.5) is 25.8 Å². The fourth-order valence-corrected chi connectivity index (χ4v) is 1.61. The second-order valence-corrected chi connectivity index (χ2v) is 4.19. The number of halogens is 2. The van der Waals surface area contributed by atoms with Crippen molar-refractivity contribution in [3.8, 4) is 0 Å². The third-order valence-corrected chi connectivity index (χ3v) is 2.57. The zero-order valence-corrected chi connectivity index (χ0v) is 10.2. The molecule has 0 bridgehead atoms. The zero-order valence-electron chi connectivity index (χ0n) is 10.2. The molecule has 18 heavy (non-hydrogen) atoms. The molecule has 0 aliphatic carbocycles. The van der Waals surface area contributed by atoms with Crippen LogP contribution in [0.2, 0.25) is 0 Å². The molecular formula is C14H14F2N2. The minimum atomic E-state index is -0.480. The van der Waals surface area contributed by atoms with Crippen molar-refractivity contribution in [3.05, 3.63) is 54.1 Å². The number of hydrogen-bond acceptors (Lipinski definition) is 2. The topological polar surface area (TPSA) is 15.3 Å². The summed E-state index contributed by atoms with van der Waals surface area (Å²) in [7, 11) is 3.84. The van der Waals surface area contributed by atoms with E-state index in [9.17, 15) is 8.78 Å². The molecule has 0 aliphatic heterocycles. The Hall–Kier alpha value is -2.10. The van der Waals surface area contributed by atoms with E-state index in [-0.39, 0.29) is 5.69 Å². The quantitative estimate of drug-likeness (QED) is 0.889. The lowest BCUT2D eigenvalue weighted by molar-refractivity contribution is 0.603. The summed E-state index contributed by atoms with van der Waals surface area (Å²) in [6.07, 6.45) is 0. The Morgan fingerprint density at radius 2 is 1.78 bits per heavy atom. The summed E-state index contributed by atoms with van der Waals surface area (Å²) in [6.45, 7) is 0. The van der Waals surface area contributed by atoms with Gasteiger partial charge in [-0.15, -0.1) is 0 Å². The van der Waals surface area contributed by atoms with Gasteiger partial charge >= 0.3 is 0 Å². The predicted molar refractivity (Wildman–Crippen MR) is 70.4 cm³/mol. The predicted octanol–water partition coefficient (Wildman–Crippen LogP) is 3.77. The lowest BCUT2D eigenvalue weighted by Crippen LogP contribution is -2.08. The first-order valence-corrected chi connectivity index (χ1v) is 5.56. The second-order valence-electron chi connectivity index (χ2n) is 4.19. The van der Waals surface area contributed by atoms with Gasteiger partial charge < -0.3 is 10.2 Å². The molecule has 2 aromatic carbocycles. The van der Waals surface area contributed by atoms with Crippen LogP contribution in [-0.4, -0.2) is 14.1 Å². The van der Waals surface area contributed by atoms with Gasteiger partial charge in [-0.05, 0) is 30.3 Å². The van der Waals surface area contributed by atoms with Crippen LogP contribution in [0, 0.1) is 11.6 Å². The smallest absolute Gasteiger partial charge is 0.146 e. The molecule has 0 atom stereocenters. The van der Waals surface area contributed by atoms with Crippen LogP contribution >= 0.6 is 0 Å². The van der Waals surface area contributed by atoms with Crippen LogP contribution in [0.15, 0.2) is 42.5 Å². The molecule has 0 saturated carbocycles. The number of nitrogens with one attached hydrogen (secondary N) is 1. The summed E-state index contributed by atoms with van der Waals surface area (Å²) in [6, 6.07) is 10.8. The average molecular weight is 248 g/mol. The maximum atomic E-state index is 13.5. The number of rotatable bonds is 3. The fourth-order valence-electron chi connectivity index (χ4n) is 1.61. The van der Waals surface area contributed by atoms with Gasteiger partial charge in [0.1, 0.15) is 11.6 Å². The van der Waals surface area contributed by atoms with E-state index >= 15 is 0 Å². The van der Waals surface area contributed by atoms with Crippen molar-refractivity contribution in [2.45, 2.75) is 0 Å². The number of nitrogens with zero attached hydrogens (tertiary/aromatic N) is 1. The molecule has 2 rings (SSSR count). The standard InChI is InChI=1S/C14H14F2N2/c1-18(2)12-5-3-4-11(9-12)17-14-8-10(15)6-7-13(14)16/h3-9,17H,1-2H3. The van der Waals surface area contributed by atoms with Crippen molar-refractivity contribution in [1.82, 2.24) is 0 Å². The van der Waals surface area contributed by atoms with Crippen molar-refractivity contribution in [3.63, 3.8) is 0 Å². The Morgan fingerprint density at radius 3 is 2.50 bits per heavy atom. The SMILES string of the molecule is CN(C)c1cccc(Nc2cc(F)ccc2F)c1. The highest BCUT2D eigenvalue weighted by Gasteiger charge is 2.04. The van der Waals surface area contributed by atoms with E-state index in [4.69, 9.17) is 0 Å². The van der Waals surface area contributed by atoms with E-state index in [1.165, 1.54) is 0 Å². The summed E-state index contributed by atoms with van der Waals surface area (Å²) in [5.41, 5.74) is 1.83. The number of anilines is 3. The van der Waals surface area contributed by atoms with Gasteiger partial charge in [0.2, 0.25) is 0 Å². The summed E-state index contributed by atoms with van der Waals surface area (Å²) in [5, 5.41) is 2.87. The second kappa shape index (κ2) is 5.04. The Balaban J connectivity index is 2.28. The Bertz CT molecular complexity index is 553. The minimum absolute atomic E-state index is 0.130. The van der Waals surface area contributed by atoms with Gasteiger partial charge in [-0.2, -0.15) is 0 Å². The van der Waals surface area contributed by atoms with Gasteiger partial charge in [-0.3, -0.25) is 0 Å². The summed E-state index contributed by atoms with van der Waals surface area (Å²) >= 11 is 0. The Kier molecular flexibility index (Phi) is 3.46. The normalized spacial score (nSPS) is 10.2. The first-order chi connectivity index (χ1) is 8.56. The van der Waals surface area contributed by atoms with E-state index in [2.05, 4.69) is 5.32 Å². The highest BCUT2D eigenvalue weighted by atomic mass is 19.1. The van der Waals surface area contributed by atoms with Crippen molar-refractivity contribution >= 4 is 17.1 Å². The molecule has 0 spiro atoms. The fraction of sp³-hybridized carbons (Fsp3) is 0.143. The van der Waals surface area contributed by atoms with Gasteiger partial charge in [0.25, 0.3) is 0 Å². The van der Waals surface area contributed by atoms with Gasteiger partial charge in [0.05, 0.1) is 5.69 Å². The summed E-state index contributed by atoms with van der Waals surface area (Å²) in [4.78, 5) is 1.94. The average Bonchev–Trinajstić information content (AvgIpc) is 2.34. The van der Waals surface area contributed by atoms with E-state index in [1.807, 2.05) is 37.2 Å². The Labute approximate surface area is 105 Å². The lowest BCUT2D eigenvalue weighted by Gasteiger charge is -2.14. The first kappa shape index (κ1) is 12.4. The molecule has 2 aromatic rings. The van der Waals surface area contributed by atoms with E-state index in [0.29, 0.717) is 5.69 Å². The molecule has 1 N–H and O–H groups in total. The van der Waals surface area contributed by atoms with E-state index in [1.54, 1.807) is 6.07 Å². The van der Waals surface area contributed by atoms with E-state index in [0.717, 1.165) is 23.9 Å². The molecule has 0 aromatic heterocycles. The molecule has 0 saturated heterocycles. The molecule has 0 radical (unpaired) electrons. The van der Waals surface area contributed by atoms with E-state index < -0.39 is 11.6 Å². The van der Waals surface area contributed by atoms with Crippen LogP contribution in [0.3, 0.4) is 0 Å².